The van der Waals surface area contributed by atoms with Crippen LogP contribution in [0.2, 0.25) is 0 Å². The lowest BCUT2D eigenvalue weighted by Gasteiger charge is -2.18. The van der Waals surface area contributed by atoms with Gasteiger partial charge in [0, 0.05) is 4.90 Å². The van der Waals surface area contributed by atoms with E-state index in [1.807, 2.05) is 18.2 Å². The maximum absolute atomic E-state index is 11.7. The average Bonchev–Trinajstić information content (AvgIpc) is 2.37. The normalized spacial score (nSPS) is 17.3. The second kappa shape index (κ2) is 6.09. The minimum Gasteiger partial charge on any atom is -0.497 e. The first-order valence-electron chi connectivity index (χ1n) is 5.88. The van der Waals surface area contributed by atoms with E-state index in [-0.39, 0.29) is 12.8 Å². The van der Waals surface area contributed by atoms with Gasteiger partial charge < -0.3 is 14.2 Å². The number of nitrogens with zero attached hydrogens (tertiary/aromatic N) is 1. The van der Waals surface area contributed by atoms with E-state index in [1.54, 1.807) is 14.0 Å². The Hall–Kier alpha value is -0.810. The highest BCUT2D eigenvalue weighted by Gasteiger charge is 2.25. The topological polar surface area (TPSA) is 68.1 Å². The maximum Gasteiger partial charge on any atom is 0.334 e. The van der Waals surface area contributed by atoms with Crippen molar-refractivity contribution in [1.82, 2.24) is 0 Å². The summed E-state index contributed by atoms with van der Waals surface area (Å²) in [4.78, 5) is 15.0. The zero-order valence-corrected chi connectivity index (χ0v) is 12.5. The summed E-state index contributed by atoms with van der Waals surface area (Å²) in [5.41, 5.74) is 1.10. The van der Waals surface area contributed by atoms with Crippen LogP contribution < -0.4 is 4.74 Å². The number of fused-ring (bicyclic) bond motifs is 1. The minimum absolute atomic E-state index is 0.0395. The molecule has 0 aliphatic carbocycles. The Balaban J connectivity index is 2.11. The van der Waals surface area contributed by atoms with Crippen LogP contribution in [-0.4, -0.2) is 29.8 Å². The fraction of sp³-hybridized carbons (Fsp3) is 0.417. The van der Waals surface area contributed by atoms with Gasteiger partial charge in [-0.2, -0.15) is 0 Å². The Bertz CT molecular complexity index is 547. The Morgan fingerprint density at radius 2 is 2.32 bits per heavy atom. The largest absolute Gasteiger partial charge is 0.497 e. The number of methoxy groups -OCH3 is 1. The fourth-order valence-electron chi connectivity index (χ4n) is 1.72. The molecule has 1 aromatic carbocycles. The van der Waals surface area contributed by atoms with Gasteiger partial charge in [-0.3, -0.25) is 9.56 Å². The van der Waals surface area contributed by atoms with Crippen molar-refractivity contribution in [1.29, 1.82) is 0 Å². The standard InChI is InChI=1S/C12H16NO4PS/c1-3-17-18(14,15)8-12-13-7-9-4-5-10(16-2)6-11(9)19-12/h4-6H,3,7-8H2,1-2H3,(H,14,15). The van der Waals surface area contributed by atoms with Gasteiger partial charge in [-0.25, -0.2) is 0 Å². The summed E-state index contributed by atoms with van der Waals surface area (Å²) in [6, 6.07) is 5.76. The molecule has 1 unspecified atom stereocenters. The van der Waals surface area contributed by atoms with Gasteiger partial charge in [0.2, 0.25) is 0 Å². The predicted molar refractivity (Wildman–Crippen MR) is 76.3 cm³/mol. The number of hydrogen-bond donors (Lipinski definition) is 1. The molecule has 0 saturated carbocycles. The summed E-state index contributed by atoms with van der Waals surface area (Å²) in [5, 5.41) is 0.625. The fourth-order valence-corrected chi connectivity index (χ4v) is 4.23. The van der Waals surface area contributed by atoms with Crippen LogP contribution in [0.25, 0.3) is 0 Å². The summed E-state index contributed by atoms with van der Waals surface area (Å²) in [5.74, 6) is 0.768. The van der Waals surface area contributed by atoms with Crippen LogP contribution in [0.1, 0.15) is 12.5 Å². The van der Waals surface area contributed by atoms with E-state index >= 15 is 0 Å². The van der Waals surface area contributed by atoms with Crippen molar-refractivity contribution in [3.8, 4) is 5.75 Å². The van der Waals surface area contributed by atoms with Gasteiger partial charge in [0.1, 0.15) is 5.75 Å². The second-order valence-corrected chi connectivity index (χ2v) is 6.96. The van der Waals surface area contributed by atoms with Gasteiger partial charge in [0.05, 0.1) is 31.5 Å². The maximum atomic E-state index is 11.7. The van der Waals surface area contributed by atoms with Crippen molar-refractivity contribution < 1.29 is 18.7 Å². The number of ether oxygens (including phenoxy) is 1. The molecule has 1 aliphatic heterocycles. The van der Waals surface area contributed by atoms with Crippen molar-refractivity contribution >= 4 is 24.4 Å². The molecule has 0 saturated heterocycles. The van der Waals surface area contributed by atoms with E-state index in [2.05, 4.69) is 4.99 Å². The van der Waals surface area contributed by atoms with Crippen LogP contribution in [0.15, 0.2) is 28.1 Å². The zero-order valence-electron chi connectivity index (χ0n) is 10.8. The molecule has 1 aromatic rings. The van der Waals surface area contributed by atoms with E-state index in [0.29, 0.717) is 11.6 Å². The van der Waals surface area contributed by atoms with E-state index in [4.69, 9.17) is 9.26 Å². The minimum atomic E-state index is -3.57. The Morgan fingerprint density at radius 3 is 3.00 bits per heavy atom. The molecule has 0 amide bonds. The zero-order chi connectivity index (χ0) is 13.9. The first-order chi connectivity index (χ1) is 9.04. The molecule has 0 radical (unpaired) electrons. The van der Waals surface area contributed by atoms with Gasteiger partial charge in [-0.1, -0.05) is 17.8 Å². The number of benzene rings is 1. The van der Waals surface area contributed by atoms with E-state index < -0.39 is 7.60 Å². The number of hydrogen-bond acceptors (Lipinski definition) is 5. The number of aliphatic imine (C=N–C) groups is 1. The first kappa shape index (κ1) is 14.6. The lowest BCUT2D eigenvalue weighted by Crippen LogP contribution is -2.08. The highest BCUT2D eigenvalue weighted by molar-refractivity contribution is 8.14. The lowest BCUT2D eigenvalue weighted by atomic mass is 10.2. The molecule has 5 nitrogen and oxygen atoms in total. The molecule has 7 heteroatoms. The van der Waals surface area contributed by atoms with Gasteiger partial charge in [0.25, 0.3) is 0 Å². The molecule has 19 heavy (non-hydrogen) atoms. The van der Waals surface area contributed by atoms with Crippen molar-refractivity contribution in [2.24, 2.45) is 4.99 Å². The third-order valence-corrected chi connectivity index (χ3v) is 5.28. The Labute approximate surface area is 116 Å². The van der Waals surface area contributed by atoms with Crippen LogP contribution in [0.5, 0.6) is 5.75 Å². The van der Waals surface area contributed by atoms with Crippen molar-refractivity contribution in [3.05, 3.63) is 23.8 Å². The third-order valence-electron chi connectivity index (χ3n) is 2.59. The van der Waals surface area contributed by atoms with Crippen molar-refractivity contribution in [3.63, 3.8) is 0 Å². The van der Waals surface area contributed by atoms with Crippen LogP contribution in [-0.2, 0) is 15.6 Å². The lowest BCUT2D eigenvalue weighted by molar-refractivity contribution is 0.277. The summed E-state index contributed by atoms with van der Waals surface area (Å²) in [6.07, 6.45) is -0.0395. The molecule has 0 fully saturated rings. The Morgan fingerprint density at radius 1 is 1.53 bits per heavy atom. The monoisotopic (exact) mass is 301 g/mol. The molecule has 0 spiro atoms. The predicted octanol–water partition coefficient (Wildman–Crippen LogP) is 2.92. The summed E-state index contributed by atoms with van der Waals surface area (Å²) in [6.45, 7) is 2.43. The highest BCUT2D eigenvalue weighted by atomic mass is 32.2. The van der Waals surface area contributed by atoms with Gasteiger partial charge in [0.15, 0.2) is 0 Å². The summed E-state index contributed by atoms with van der Waals surface area (Å²) >= 11 is 1.40. The third kappa shape index (κ3) is 3.83. The molecular formula is C12H16NO4PS. The van der Waals surface area contributed by atoms with Crippen molar-refractivity contribution in [2.75, 3.05) is 19.9 Å². The van der Waals surface area contributed by atoms with Gasteiger partial charge >= 0.3 is 7.60 Å². The molecule has 0 aromatic heterocycles. The Kier molecular flexibility index (Phi) is 4.68. The molecule has 2 rings (SSSR count). The second-order valence-electron chi connectivity index (χ2n) is 4.00. The molecule has 1 heterocycles. The molecular weight excluding hydrogens is 285 g/mol. The smallest absolute Gasteiger partial charge is 0.334 e. The summed E-state index contributed by atoms with van der Waals surface area (Å²) in [7, 11) is -1.96. The number of rotatable bonds is 5. The molecule has 1 N–H and O–H groups in total. The average molecular weight is 301 g/mol. The SMILES string of the molecule is CCOP(=O)(O)CC1=NCc2ccc(OC)cc2S1. The van der Waals surface area contributed by atoms with E-state index in [1.165, 1.54) is 11.8 Å². The molecule has 1 atom stereocenters. The van der Waals surface area contributed by atoms with E-state index in [0.717, 1.165) is 16.2 Å². The number of thioether (sulfide) groups is 1. The van der Waals surface area contributed by atoms with Crippen LogP contribution >= 0.6 is 19.4 Å². The van der Waals surface area contributed by atoms with Gasteiger partial charge in [-0.15, -0.1) is 0 Å². The molecule has 1 aliphatic rings. The summed E-state index contributed by atoms with van der Waals surface area (Å²) < 4.78 is 21.8. The van der Waals surface area contributed by atoms with Crippen LogP contribution in [0, 0.1) is 0 Å². The van der Waals surface area contributed by atoms with Crippen LogP contribution in [0.3, 0.4) is 0 Å². The first-order valence-corrected chi connectivity index (χ1v) is 8.46. The quantitative estimate of drug-likeness (QED) is 0.847. The van der Waals surface area contributed by atoms with Crippen LogP contribution in [0.4, 0.5) is 0 Å². The van der Waals surface area contributed by atoms with E-state index in [9.17, 15) is 9.46 Å². The van der Waals surface area contributed by atoms with Gasteiger partial charge in [-0.05, 0) is 24.6 Å². The molecule has 0 bridgehead atoms. The van der Waals surface area contributed by atoms with Crippen molar-refractivity contribution in [2.45, 2.75) is 18.4 Å². The molecule has 104 valence electrons. The highest BCUT2D eigenvalue weighted by Crippen LogP contribution is 2.45.